The molecule has 2 aromatic carbocycles. The van der Waals surface area contributed by atoms with Gasteiger partial charge in [0.2, 0.25) is 0 Å². The lowest BCUT2D eigenvalue weighted by Crippen LogP contribution is -2.20. The first-order chi connectivity index (χ1) is 13.8. The van der Waals surface area contributed by atoms with Crippen LogP contribution in [0.3, 0.4) is 0 Å². The highest BCUT2D eigenvalue weighted by Crippen LogP contribution is 2.32. The first kappa shape index (κ1) is 20.3. The molecular formula is C26H32O2. The first-order valence-corrected chi connectivity index (χ1v) is 10.7. The molecule has 3 rings (SSSR count). The fourth-order valence-corrected chi connectivity index (χ4v) is 3.85. The van der Waals surface area contributed by atoms with Crippen LogP contribution in [0, 0.1) is 23.7 Å². The third kappa shape index (κ3) is 6.34. The van der Waals surface area contributed by atoms with Crippen LogP contribution in [0.25, 0.3) is 0 Å². The molecule has 0 spiro atoms. The molecule has 1 fully saturated rings. The summed E-state index contributed by atoms with van der Waals surface area (Å²) in [6.07, 6.45) is 9.54. The van der Waals surface area contributed by atoms with Gasteiger partial charge in [0.1, 0.15) is 11.5 Å². The predicted octanol–water partition coefficient (Wildman–Crippen LogP) is 6.47. The van der Waals surface area contributed by atoms with E-state index < -0.39 is 0 Å². The lowest BCUT2D eigenvalue weighted by Gasteiger charge is -2.28. The molecule has 0 aliphatic heterocycles. The highest BCUT2D eigenvalue weighted by Gasteiger charge is 2.21. The molecule has 1 saturated carbocycles. The second-order valence-corrected chi connectivity index (χ2v) is 7.84. The van der Waals surface area contributed by atoms with E-state index in [1.54, 1.807) is 7.11 Å². The molecule has 0 radical (unpaired) electrons. The van der Waals surface area contributed by atoms with Crippen LogP contribution < -0.4 is 9.47 Å². The molecule has 0 unspecified atom stereocenters. The second-order valence-electron chi connectivity index (χ2n) is 7.84. The van der Waals surface area contributed by atoms with E-state index >= 15 is 0 Å². The lowest BCUT2D eigenvalue weighted by atomic mass is 9.80. The highest BCUT2D eigenvalue weighted by molar-refractivity contribution is 5.45. The molecule has 0 amide bonds. The maximum absolute atomic E-state index is 6.04. The van der Waals surface area contributed by atoms with Gasteiger partial charge in [-0.25, -0.2) is 0 Å². The van der Waals surface area contributed by atoms with Gasteiger partial charge < -0.3 is 9.47 Å². The molecule has 2 heteroatoms. The van der Waals surface area contributed by atoms with E-state index in [1.807, 2.05) is 48.5 Å². The van der Waals surface area contributed by atoms with Crippen LogP contribution in [0.2, 0.25) is 0 Å². The zero-order chi connectivity index (χ0) is 19.6. The minimum Gasteiger partial charge on any atom is -0.497 e. The standard InChI is InChI=1S/C26H32O2/c1-3-4-5-21-8-10-24(11-9-21)20-28-26-18-14-23(15-19-26)7-6-22-12-16-25(27-2)17-13-22/h12-19,21,24H,3-5,8-11,20H2,1-2H3. The number of benzene rings is 2. The Hall–Kier alpha value is -2.40. The molecule has 0 N–H and O–H groups in total. The Bertz CT molecular complexity index is 757. The van der Waals surface area contributed by atoms with Crippen molar-refractivity contribution in [2.24, 2.45) is 11.8 Å². The largest absolute Gasteiger partial charge is 0.497 e. The number of hydrogen-bond donors (Lipinski definition) is 0. The quantitative estimate of drug-likeness (QED) is 0.516. The SMILES string of the molecule is CCCCC1CCC(COc2ccc(C#Cc3ccc(OC)cc3)cc2)CC1. The summed E-state index contributed by atoms with van der Waals surface area (Å²) in [6, 6.07) is 15.9. The Morgan fingerprint density at radius 3 is 1.86 bits per heavy atom. The third-order valence-electron chi connectivity index (χ3n) is 5.71. The Morgan fingerprint density at radius 2 is 1.32 bits per heavy atom. The average molecular weight is 377 g/mol. The summed E-state index contributed by atoms with van der Waals surface area (Å²) in [7, 11) is 1.67. The maximum Gasteiger partial charge on any atom is 0.119 e. The molecule has 0 heterocycles. The van der Waals surface area contributed by atoms with Gasteiger partial charge >= 0.3 is 0 Å². The normalized spacial score (nSPS) is 18.8. The minimum atomic E-state index is 0.715. The van der Waals surface area contributed by atoms with E-state index in [0.29, 0.717) is 5.92 Å². The summed E-state index contributed by atoms with van der Waals surface area (Å²) in [6.45, 7) is 3.13. The number of unbranched alkanes of at least 4 members (excludes halogenated alkanes) is 1. The van der Waals surface area contributed by atoms with E-state index in [2.05, 4.69) is 18.8 Å². The van der Waals surface area contributed by atoms with E-state index in [0.717, 1.165) is 35.2 Å². The van der Waals surface area contributed by atoms with Crippen LogP contribution in [0.1, 0.15) is 63.0 Å². The van der Waals surface area contributed by atoms with Gasteiger partial charge in [0.25, 0.3) is 0 Å². The molecule has 2 nitrogen and oxygen atoms in total. The van der Waals surface area contributed by atoms with Gasteiger partial charge in [0.05, 0.1) is 13.7 Å². The zero-order valence-electron chi connectivity index (χ0n) is 17.2. The van der Waals surface area contributed by atoms with Gasteiger partial charge in [0.15, 0.2) is 0 Å². The fraction of sp³-hybridized carbons (Fsp3) is 0.462. The van der Waals surface area contributed by atoms with Crippen LogP contribution in [0.4, 0.5) is 0 Å². The van der Waals surface area contributed by atoms with Crippen LogP contribution in [0.15, 0.2) is 48.5 Å². The van der Waals surface area contributed by atoms with Crippen molar-refractivity contribution in [2.75, 3.05) is 13.7 Å². The van der Waals surface area contributed by atoms with Crippen LogP contribution in [0.5, 0.6) is 11.5 Å². The third-order valence-corrected chi connectivity index (χ3v) is 5.71. The summed E-state index contributed by atoms with van der Waals surface area (Å²) in [5, 5.41) is 0. The monoisotopic (exact) mass is 376 g/mol. The van der Waals surface area contributed by atoms with Gasteiger partial charge in [-0.1, -0.05) is 50.9 Å². The van der Waals surface area contributed by atoms with Crippen LogP contribution in [-0.4, -0.2) is 13.7 Å². The summed E-state index contributed by atoms with van der Waals surface area (Å²) >= 11 is 0. The smallest absolute Gasteiger partial charge is 0.119 e. The number of hydrogen-bond acceptors (Lipinski definition) is 2. The van der Waals surface area contributed by atoms with Crippen LogP contribution in [-0.2, 0) is 0 Å². The molecule has 1 aliphatic rings. The van der Waals surface area contributed by atoms with Crippen molar-refractivity contribution in [3.8, 4) is 23.3 Å². The van der Waals surface area contributed by atoms with Gasteiger partial charge in [-0.3, -0.25) is 0 Å². The predicted molar refractivity (Wildman–Crippen MR) is 116 cm³/mol. The topological polar surface area (TPSA) is 18.5 Å². The van der Waals surface area contributed by atoms with Crippen molar-refractivity contribution in [3.05, 3.63) is 59.7 Å². The number of rotatable bonds is 7. The van der Waals surface area contributed by atoms with Gasteiger partial charge in [0, 0.05) is 11.1 Å². The van der Waals surface area contributed by atoms with Gasteiger partial charge in [-0.15, -0.1) is 0 Å². The molecule has 148 valence electrons. The molecule has 0 bridgehead atoms. The molecular weight excluding hydrogens is 344 g/mol. The second kappa shape index (κ2) is 10.8. The first-order valence-electron chi connectivity index (χ1n) is 10.7. The highest BCUT2D eigenvalue weighted by atomic mass is 16.5. The average Bonchev–Trinajstić information content (AvgIpc) is 2.76. The molecule has 1 aliphatic carbocycles. The molecule has 28 heavy (non-hydrogen) atoms. The molecule has 0 aromatic heterocycles. The van der Waals surface area contributed by atoms with Gasteiger partial charge in [-0.05, 0) is 73.2 Å². The van der Waals surface area contributed by atoms with Crippen molar-refractivity contribution in [1.29, 1.82) is 0 Å². The Kier molecular flexibility index (Phi) is 7.85. The zero-order valence-corrected chi connectivity index (χ0v) is 17.2. The Morgan fingerprint density at radius 1 is 0.786 bits per heavy atom. The van der Waals surface area contributed by atoms with E-state index in [1.165, 1.54) is 44.9 Å². The van der Waals surface area contributed by atoms with Crippen molar-refractivity contribution in [1.82, 2.24) is 0 Å². The molecule has 0 saturated heterocycles. The summed E-state index contributed by atoms with van der Waals surface area (Å²) in [5.74, 6) is 9.86. The lowest BCUT2D eigenvalue weighted by molar-refractivity contribution is 0.178. The van der Waals surface area contributed by atoms with Crippen molar-refractivity contribution in [3.63, 3.8) is 0 Å². The minimum absolute atomic E-state index is 0.715. The van der Waals surface area contributed by atoms with Crippen molar-refractivity contribution >= 4 is 0 Å². The number of methoxy groups -OCH3 is 1. The van der Waals surface area contributed by atoms with Gasteiger partial charge in [-0.2, -0.15) is 0 Å². The Labute approximate surface area is 170 Å². The van der Waals surface area contributed by atoms with Crippen molar-refractivity contribution < 1.29 is 9.47 Å². The molecule has 2 aromatic rings. The maximum atomic E-state index is 6.04. The van der Waals surface area contributed by atoms with E-state index in [9.17, 15) is 0 Å². The molecule has 0 atom stereocenters. The van der Waals surface area contributed by atoms with Crippen LogP contribution >= 0.6 is 0 Å². The summed E-state index contributed by atoms with van der Waals surface area (Å²) < 4.78 is 11.2. The van der Waals surface area contributed by atoms with E-state index in [-0.39, 0.29) is 0 Å². The van der Waals surface area contributed by atoms with E-state index in [4.69, 9.17) is 9.47 Å². The Balaban J connectivity index is 1.44. The van der Waals surface area contributed by atoms with Crippen molar-refractivity contribution in [2.45, 2.75) is 51.9 Å². The summed E-state index contributed by atoms with van der Waals surface area (Å²) in [4.78, 5) is 0. The fourth-order valence-electron chi connectivity index (χ4n) is 3.85. The number of ether oxygens (including phenoxy) is 2. The summed E-state index contributed by atoms with van der Waals surface area (Å²) in [5.41, 5.74) is 1.98.